The van der Waals surface area contributed by atoms with Gasteiger partial charge in [-0.2, -0.15) is 0 Å². The number of hydrogen-bond donors (Lipinski definition) is 3. The van der Waals surface area contributed by atoms with Crippen molar-refractivity contribution in [2.45, 2.75) is 75.9 Å². The molecule has 0 aromatic carbocycles. The van der Waals surface area contributed by atoms with Crippen molar-refractivity contribution in [3.8, 4) is 0 Å². The minimum absolute atomic E-state index is 0.176. The standard InChI is InChI=1S/C22H31N3O3/c1-13(2)17(26)23-20-7-16-8-21(10-20,24-18(27)14(3)4)12-22(9-16,11-20)25-19(28)15(5)6/h16H,1,3,5,7-12H2,2,4,6H3,(H,23,26)(H,24,27)(H,25,28). The summed E-state index contributed by atoms with van der Waals surface area (Å²) in [7, 11) is 0. The molecule has 0 aromatic heterocycles. The molecule has 0 atom stereocenters. The van der Waals surface area contributed by atoms with Crippen LogP contribution in [0.2, 0.25) is 0 Å². The van der Waals surface area contributed by atoms with Crippen LogP contribution in [0.25, 0.3) is 0 Å². The minimum atomic E-state index is -0.472. The largest absolute Gasteiger partial charge is 0.347 e. The summed E-state index contributed by atoms with van der Waals surface area (Å²) in [6, 6.07) is 0. The first-order valence-corrected chi connectivity index (χ1v) is 9.83. The van der Waals surface area contributed by atoms with E-state index < -0.39 is 16.6 Å². The predicted octanol–water partition coefficient (Wildman–Crippen LogP) is 2.28. The van der Waals surface area contributed by atoms with Crippen LogP contribution in [0, 0.1) is 5.92 Å². The van der Waals surface area contributed by atoms with Gasteiger partial charge in [-0.3, -0.25) is 14.4 Å². The summed E-state index contributed by atoms with van der Waals surface area (Å²) in [4.78, 5) is 37.5. The molecule has 4 bridgehead atoms. The first-order valence-electron chi connectivity index (χ1n) is 9.83. The summed E-state index contributed by atoms with van der Waals surface area (Å²) in [6.45, 7) is 16.3. The molecule has 0 unspecified atom stereocenters. The van der Waals surface area contributed by atoms with E-state index in [1.165, 1.54) is 0 Å². The molecule has 3 amide bonds. The lowest BCUT2D eigenvalue weighted by atomic mass is 9.47. The van der Waals surface area contributed by atoms with E-state index in [0.717, 1.165) is 19.3 Å². The number of carbonyl (C=O) groups excluding carboxylic acids is 3. The maximum Gasteiger partial charge on any atom is 0.246 e. The first-order chi connectivity index (χ1) is 12.9. The van der Waals surface area contributed by atoms with E-state index in [1.54, 1.807) is 20.8 Å². The van der Waals surface area contributed by atoms with Crippen LogP contribution in [0.1, 0.15) is 59.3 Å². The first kappa shape index (κ1) is 20.4. The molecule has 3 N–H and O–H groups in total. The molecule has 4 fully saturated rings. The highest BCUT2D eigenvalue weighted by atomic mass is 16.2. The highest BCUT2D eigenvalue weighted by molar-refractivity contribution is 5.94. The lowest BCUT2D eigenvalue weighted by molar-refractivity contribution is -0.135. The molecule has 4 rings (SSSR count). The van der Waals surface area contributed by atoms with Crippen molar-refractivity contribution < 1.29 is 14.4 Å². The van der Waals surface area contributed by atoms with Crippen LogP contribution in [-0.2, 0) is 14.4 Å². The van der Waals surface area contributed by atoms with E-state index in [9.17, 15) is 14.4 Å². The number of nitrogens with one attached hydrogen (secondary N) is 3. The molecule has 0 heterocycles. The second-order valence-corrected chi connectivity index (χ2v) is 9.55. The lowest BCUT2D eigenvalue weighted by Crippen LogP contribution is -2.77. The molecule has 6 heteroatoms. The van der Waals surface area contributed by atoms with Crippen LogP contribution in [-0.4, -0.2) is 34.3 Å². The topological polar surface area (TPSA) is 87.3 Å². The SMILES string of the molecule is C=C(C)C(=O)NC12CC3CC(NC(=O)C(=C)C)(C1)CC(NC(=O)C(=C)C)(C3)C2. The van der Waals surface area contributed by atoms with Crippen molar-refractivity contribution in [3.05, 3.63) is 36.5 Å². The van der Waals surface area contributed by atoms with Crippen LogP contribution in [0.5, 0.6) is 0 Å². The van der Waals surface area contributed by atoms with Crippen molar-refractivity contribution in [3.63, 3.8) is 0 Å². The average molecular weight is 386 g/mol. The van der Waals surface area contributed by atoms with Gasteiger partial charge in [-0.15, -0.1) is 0 Å². The van der Waals surface area contributed by atoms with Crippen molar-refractivity contribution in [2.75, 3.05) is 0 Å². The number of rotatable bonds is 6. The van der Waals surface area contributed by atoms with Crippen LogP contribution < -0.4 is 16.0 Å². The lowest BCUT2D eigenvalue weighted by Gasteiger charge is -2.66. The Balaban J connectivity index is 1.97. The Morgan fingerprint density at radius 2 is 0.893 bits per heavy atom. The second kappa shape index (κ2) is 6.61. The Hall–Kier alpha value is -2.37. The Kier molecular flexibility index (Phi) is 4.80. The highest BCUT2D eigenvalue weighted by Gasteiger charge is 2.64. The maximum atomic E-state index is 12.5. The van der Waals surface area contributed by atoms with Gasteiger partial charge in [-0.1, -0.05) is 19.7 Å². The van der Waals surface area contributed by atoms with E-state index in [0.29, 0.717) is 41.9 Å². The van der Waals surface area contributed by atoms with Crippen LogP contribution in [0.4, 0.5) is 0 Å². The van der Waals surface area contributed by atoms with Gasteiger partial charge >= 0.3 is 0 Å². The summed E-state index contributed by atoms with van der Waals surface area (Å²) in [5.41, 5.74) is -0.0529. The molecule has 152 valence electrons. The average Bonchev–Trinajstić information content (AvgIpc) is 2.51. The number of hydrogen-bond acceptors (Lipinski definition) is 3. The summed E-state index contributed by atoms with van der Waals surface area (Å²) in [5.74, 6) is -0.225. The molecular weight excluding hydrogens is 354 g/mol. The zero-order chi connectivity index (χ0) is 20.9. The third-order valence-electron chi connectivity index (χ3n) is 6.37. The van der Waals surface area contributed by atoms with E-state index >= 15 is 0 Å². The molecular formula is C22H31N3O3. The Morgan fingerprint density at radius 1 is 0.643 bits per heavy atom. The quantitative estimate of drug-likeness (QED) is 0.613. The third-order valence-corrected chi connectivity index (χ3v) is 6.37. The Morgan fingerprint density at radius 3 is 1.11 bits per heavy atom. The van der Waals surface area contributed by atoms with Gasteiger partial charge in [0.2, 0.25) is 17.7 Å². The van der Waals surface area contributed by atoms with Gasteiger partial charge in [0.1, 0.15) is 0 Å². The van der Waals surface area contributed by atoms with Gasteiger partial charge < -0.3 is 16.0 Å². The van der Waals surface area contributed by atoms with E-state index in [-0.39, 0.29) is 17.7 Å². The normalized spacial score (nSPS) is 35.0. The Labute approximate surface area is 166 Å². The van der Waals surface area contributed by atoms with E-state index in [1.807, 2.05) is 0 Å². The fourth-order valence-corrected chi connectivity index (χ4v) is 5.90. The van der Waals surface area contributed by atoms with E-state index in [4.69, 9.17) is 0 Å². The van der Waals surface area contributed by atoms with Crippen LogP contribution >= 0.6 is 0 Å². The number of amides is 3. The zero-order valence-corrected chi connectivity index (χ0v) is 17.2. The zero-order valence-electron chi connectivity index (χ0n) is 17.2. The fraction of sp³-hybridized carbons (Fsp3) is 0.591. The molecule has 0 spiro atoms. The smallest absolute Gasteiger partial charge is 0.246 e. The predicted molar refractivity (Wildman–Crippen MR) is 108 cm³/mol. The molecule has 4 saturated carbocycles. The van der Waals surface area contributed by atoms with Crippen molar-refractivity contribution in [1.29, 1.82) is 0 Å². The highest BCUT2D eigenvalue weighted by Crippen LogP contribution is 2.59. The monoisotopic (exact) mass is 385 g/mol. The maximum absolute atomic E-state index is 12.5. The summed E-state index contributed by atoms with van der Waals surface area (Å²) in [5, 5.41) is 9.58. The minimum Gasteiger partial charge on any atom is -0.347 e. The van der Waals surface area contributed by atoms with Gasteiger partial charge in [0.05, 0.1) is 0 Å². The van der Waals surface area contributed by atoms with Crippen molar-refractivity contribution in [1.82, 2.24) is 16.0 Å². The summed E-state index contributed by atoms with van der Waals surface area (Å²) < 4.78 is 0. The van der Waals surface area contributed by atoms with Gasteiger partial charge in [0, 0.05) is 33.3 Å². The molecule has 0 aromatic rings. The van der Waals surface area contributed by atoms with Crippen LogP contribution in [0.3, 0.4) is 0 Å². The molecule has 0 aliphatic heterocycles. The van der Waals surface area contributed by atoms with Gasteiger partial charge in [-0.25, -0.2) is 0 Å². The number of carbonyl (C=O) groups is 3. The van der Waals surface area contributed by atoms with Crippen molar-refractivity contribution >= 4 is 17.7 Å². The summed E-state index contributed by atoms with van der Waals surface area (Å²) >= 11 is 0. The van der Waals surface area contributed by atoms with E-state index in [2.05, 4.69) is 35.7 Å². The molecule has 0 saturated heterocycles. The summed E-state index contributed by atoms with van der Waals surface area (Å²) in [6.07, 6.45) is 4.50. The molecule has 6 nitrogen and oxygen atoms in total. The molecule has 4 aliphatic rings. The van der Waals surface area contributed by atoms with Gasteiger partial charge in [-0.05, 0) is 65.2 Å². The van der Waals surface area contributed by atoms with Crippen LogP contribution in [0.15, 0.2) is 36.5 Å². The second-order valence-electron chi connectivity index (χ2n) is 9.55. The Bertz CT molecular complexity index is 684. The van der Waals surface area contributed by atoms with Gasteiger partial charge in [0.25, 0.3) is 0 Å². The van der Waals surface area contributed by atoms with Crippen molar-refractivity contribution in [2.24, 2.45) is 5.92 Å². The van der Waals surface area contributed by atoms with Gasteiger partial charge in [0.15, 0.2) is 0 Å². The molecule has 0 radical (unpaired) electrons. The molecule has 4 aliphatic carbocycles. The fourth-order valence-electron chi connectivity index (χ4n) is 5.90. The molecule has 28 heavy (non-hydrogen) atoms. The third kappa shape index (κ3) is 3.64.